The summed E-state index contributed by atoms with van der Waals surface area (Å²) in [5.41, 5.74) is -0.302. The molecule has 172 valence electrons. The van der Waals surface area contributed by atoms with Crippen molar-refractivity contribution >= 4 is 28.3 Å². The Morgan fingerprint density at radius 2 is 1.65 bits per heavy atom. The van der Waals surface area contributed by atoms with E-state index in [0.717, 1.165) is 12.1 Å². The van der Waals surface area contributed by atoms with Crippen molar-refractivity contribution in [3.63, 3.8) is 0 Å². The van der Waals surface area contributed by atoms with Gasteiger partial charge in [-0.1, -0.05) is 18.2 Å². The number of fused-ring (bicyclic) bond motifs is 1. The van der Waals surface area contributed by atoms with Gasteiger partial charge < -0.3 is 15.4 Å². The van der Waals surface area contributed by atoms with Crippen molar-refractivity contribution in [2.24, 2.45) is 0 Å². The Bertz CT molecular complexity index is 1390. The van der Waals surface area contributed by atoms with Crippen molar-refractivity contribution in [2.45, 2.75) is 6.18 Å². The van der Waals surface area contributed by atoms with Crippen LogP contribution in [0.3, 0.4) is 0 Å². The largest absolute Gasteiger partial charge is 0.457 e. The van der Waals surface area contributed by atoms with Crippen LogP contribution in [0.2, 0.25) is 0 Å². The number of nitrogens with zero attached hydrogens (tertiary/aromatic N) is 1. The quantitative estimate of drug-likeness (QED) is 0.399. The van der Waals surface area contributed by atoms with Crippen LogP contribution < -0.4 is 15.4 Å². The van der Waals surface area contributed by atoms with E-state index in [0.29, 0.717) is 27.8 Å². The molecule has 3 aromatic carbocycles. The van der Waals surface area contributed by atoms with Crippen molar-refractivity contribution in [2.75, 3.05) is 12.4 Å². The number of hydrogen-bond acceptors (Lipinski definition) is 4. The Labute approximate surface area is 192 Å². The number of aromatic nitrogens is 1. The average Bonchev–Trinajstić information content (AvgIpc) is 2.82. The highest BCUT2D eigenvalue weighted by Gasteiger charge is 2.30. The normalized spacial score (nSPS) is 11.2. The molecule has 2 N–H and O–H groups in total. The summed E-state index contributed by atoms with van der Waals surface area (Å²) in [6.45, 7) is 0. The first kappa shape index (κ1) is 22.8. The van der Waals surface area contributed by atoms with Crippen LogP contribution in [0.5, 0.6) is 11.5 Å². The zero-order chi connectivity index (χ0) is 24.3. The number of amides is 2. The number of carbonyl (C=O) groups is 2. The van der Waals surface area contributed by atoms with Gasteiger partial charge in [-0.2, -0.15) is 13.2 Å². The maximum absolute atomic E-state index is 13.0. The van der Waals surface area contributed by atoms with Gasteiger partial charge in [0.25, 0.3) is 11.8 Å². The molecule has 1 heterocycles. The molecule has 0 bridgehead atoms. The highest BCUT2D eigenvalue weighted by molar-refractivity contribution is 6.13. The Kier molecular flexibility index (Phi) is 6.18. The number of alkyl halides is 3. The SMILES string of the molecule is CNC(=O)c1cc(Oc2ccc3c(C(=O)Nc4cccc(C(F)(F)F)c4)cccc3c2)ccn1. The van der Waals surface area contributed by atoms with Crippen LogP contribution >= 0.6 is 0 Å². The van der Waals surface area contributed by atoms with Crippen LogP contribution in [0, 0.1) is 0 Å². The summed E-state index contributed by atoms with van der Waals surface area (Å²) in [6.07, 6.45) is -3.05. The van der Waals surface area contributed by atoms with Gasteiger partial charge in [-0.05, 0) is 59.3 Å². The summed E-state index contributed by atoms with van der Waals surface area (Å²) in [5, 5.41) is 6.30. The second kappa shape index (κ2) is 9.22. The predicted molar refractivity (Wildman–Crippen MR) is 121 cm³/mol. The van der Waals surface area contributed by atoms with Gasteiger partial charge in [-0.3, -0.25) is 14.6 Å². The van der Waals surface area contributed by atoms with Crippen molar-refractivity contribution in [3.05, 3.63) is 95.8 Å². The number of pyridine rings is 1. The molecule has 0 atom stereocenters. The fourth-order valence-electron chi connectivity index (χ4n) is 3.36. The van der Waals surface area contributed by atoms with Crippen molar-refractivity contribution in [1.29, 1.82) is 0 Å². The van der Waals surface area contributed by atoms with E-state index in [2.05, 4.69) is 15.6 Å². The fourth-order valence-corrected chi connectivity index (χ4v) is 3.36. The maximum atomic E-state index is 13.0. The van der Waals surface area contributed by atoms with Gasteiger partial charge in [0.2, 0.25) is 0 Å². The molecule has 0 aliphatic carbocycles. The molecule has 6 nitrogen and oxygen atoms in total. The third-order valence-corrected chi connectivity index (χ3v) is 4.97. The second-order valence-corrected chi connectivity index (χ2v) is 7.28. The third-order valence-electron chi connectivity index (χ3n) is 4.97. The number of rotatable bonds is 5. The van der Waals surface area contributed by atoms with Crippen molar-refractivity contribution in [3.8, 4) is 11.5 Å². The van der Waals surface area contributed by atoms with Gasteiger partial charge in [0.05, 0.1) is 5.56 Å². The molecule has 2 amide bonds. The molecule has 0 aliphatic rings. The van der Waals surface area contributed by atoms with Crippen LogP contribution in [-0.2, 0) is 6.18 Å². The summed E-state index contributed by atoms with van der Waals surface area (Å²) in [6, 6.07) is 17.7. The van der Waals surface area contributed by atoms with E-state index in [1.54, 1.807) is 42.5 Å². The molecule has 0 aliphatic heterocycles. The maximum Gasteiger partial charge on any atom is 0.416 e. The van der Waals surface area contributed by atoms with Crippen LogP contribution in [0.1, 0.15) is 26.4 Å². The highest BCUT2D eigenvalue weighted by atomic mass is 19.4. The van der Waals surface area contributed by atoms with Crippen LogP contribution in [0.15, 0.2) is 79.0 Å². The Morgan fingerprint density at radius 3 is 2.41 bits per heavy atom. The highest BCUT2D eigenvalue weighted by Crippen LogP contribution is 2.31. The molecule has 0 unspecified atom stereocenters. The molecule has 9 heteroatoms. The lowest BCUT2D eigenvalue weighted by molar-refractivity contribution is -0.137. The van der Waals surface area contributed by atoms with E-state index < -0.39 is 17.6 Å². The minimum atomic E-state index is -4.51. The van der Waals surface area contributed by atoms with Crippen LogP contribution in [-0.4, -0.2) is 23.8 Å². The number of anilines is 1. The summed E-state index contributed by atoms with van der Waals surface area (Å²) >= 11 is 0. The molecule has 0 saturated carbocycles. The average molecular weight is 465 g/mol. The lowest BCUT2D eigenvalue weighted by Crippen LogP contribution is -2.18. The lowest BCUT2D eigenvalue weighted by atomic mass is 10.0. The number of halogens is 3. The first-order valence-corrected chi connectivity index (χ1v) is 10.1. The number of carbonyl (C=O) groups excluding carboxylic acids is 2. The Hall–Kier alpha value is -4.40. The minimum Gasteiger partial charge on any atom is -0.457 e. The Balaban J connectivity index is 1.58. The molecule has 0 spiro atoms. The van der Waals surface area contributed by atoms with Gasteiger partial charge in [0.15, 0.2) is 0 Å². The molecule has 4 rings (SSSR count). The first-order chi connectivity index (χ1) is 16.2. The zero-order valence-electron chi connectivity index (χ0n) is 17.8. The van der Waals surface area contributed by atoms with Gasteiger partial charge in [-0.15, -0.1) is 0 Å². The van der Waals surface area contributed by atoms with Gasteiger partial charge >= 0.3 is 6.18 Å². The van der Waals surface area contributed by atoms with Gasteiger partial charge in [0, 0.05) is 30.6 Å². The van der Waals surface area contributed by atoms with E-state index in [1.165, 1.54) is 31.4 Å². The monoisotopic (exact) mass is 465 g/mol. The van der Waals surface area contributed by atoms with Gasteiger partial charge in [-0.25, -0.2) is 0 Å². The van der Waals surface area contributed by atoms with Crippen molar-refractivity contribution in [1.82, 2.24) is 10.3 Å². The summed E-state index contributed by atoms with van der Waals surface area (Å²) in [4.78, 5) is 28.6. The molecule has 34 heavy (non-hydrogen) atoms. The second-order valence-electron chi connectivity index (χ2n) is 7.28. The zero-order valence-corrected chi connectivity index (χ0v) is 17.8. The molecule has 4 aromatic rings. The fraction of sp³-hybridized carbons (Fsp3) is 0.0800. The van der Waals surface area contributed by atoms with E-state index >= 15 is 0 Å². The third kappa shape index (κ3) is 4.98. The molecule has 0 saturated heterocycles. The van der Waals surface area contributed by atoms with E-state index in [4.69, 9.17) is 4.74 Å². The standard InChI is InChI=1S/C25H18F3N3O3/c1-29-24(33)22-14-19(10-11-30-22)34-18-8-9-20-15(12-18)4-2-7-21(20)23(32)31-17-6-3-5-16(13-17)25(26,27)28/h2-14H,1H3,(H,29,33)(H,31,32). The van der Waals surface area contributed by atoms with Gasteiger partial charge in [0.1, 0.15) is 17.2 Å². The molecular weight excluding hydrogens is 447 g/mol. The number of ether oxygens (including phenoxy) is 1. The number of benzene rings is 3. The summed E-state index contributed by atoms with van der Waals surface area (Å²) in [7, 11) is 1.50. The topological polar surface area (TPSA) is 80.3 Å². The summed E-state index contributed by atoms with van der Waals surface area (Å²) in [5.74, 6) is -0.00767. The molecule has 0 radical (unpaired) electrons. The molecular formula is C25H18F3N3O3. The summed E-state index contributed by atoms with van der Waals surface area (Å²) < 4.78 is 44.7. The van der Waals surface area contributed by atoms with Crippen molar-refractivity contribution < 1.29 is 27.5 Å². The molecule has 0 fully saturated rings. The molecule has 1 aromatic heterocycles. The number of hydrogen-bond donors (Lipinski definition) is 2. The van der Waals surface area contributed by atoms with E-state index in [9.17, 15) is 22.8 Å². The van der Waals surface area contributed by atoms with E-state index in [1.807, 2.05) is 0 Å². The van der Waals surface area contributed by atoms with Crippen LogP contribution in [0.4, 0.5) is 18.9 Å². The smallest absolute Gasteiger partial charge is 0.416 e. The predicted octanol–water partition coefficient (Wildman–Crippen LogP) is 5.66. The minimum absolute atomic E-state index is 0.0430. The van der Waals surface area contributed by atoms with Crippen LogP contribution in [0.25, 0.3) is 10.8 Å². The Morgan fingerprint density at radius 1 is 0.882 bits per heavy atom. The number of nitrogens with one attached hydrogen (secondary N) is 2. The van der Waals surface area contributed by atoms with E-state index in [-0.39, 0.29) is 17.3 Å². The lowest BCUT2D eigenvalue weighted by Gasteiger charge is -2.12. The first-order valence-electron chi connectivity index (χ1n) is 10.1.